The molecule has 2 saturated heterocycles. The molecule has 36 heavy (non-hydrogen) atoms. The molecule has 2 aliphatic rings. The Balaban J connectivity index is 1.22. The summed E-state index contributed by atoms with van der Waals surface area (Å²) in [5.41, 5.74) is 2.76. The van der Waals surface area contributed by atoms with E-state index < -0.39 is 6.17 Å². The summed E-state index contributed by atoms with van der Waals surface area (Å²) in [5, 5.41) is 7.42. The zero-order valence-electron chi connectivity index (χ0n) is 20.4. The van der Waals surface area contributed by atoms with Crippen LogP contribution in [0.5, 0.6) is 0 Å². The average Bonchev–Trinajstić information content (AvgIpc) is 3.23. The molecule has 9 heteroatoms. The van der Waals surface area contributed by atoms with Crippen LogP contribution in [0.15, 0.2) is 55.0 Å². The van der Waals surface area contributed by atoms with Crippen molar-refractivity contribution in [2.24, 2.45) is 0 Å². The molecule has 2 fully saturated rings. The monoisotopic (exact) mass is 490 g/mol. The fraction of sp³-hybridized carbons (Fsp3) is 0.407. The Bertz CT molecular complexity index is 1230. The first-order chi connectivity index (χ1) is 17.5. The molecule has 8 nitrogen and oxygen atoms in total. The lowest BCUT2D eigenvalue weighted by Crippen LogP contribution is -2.46. The molecule has 2 N–H and O–H groups in total. The van der Waals surface area contributed by atoms with Gasteiger partial charge in [-0.1, -0.05) is 0 Å². The maximum absolute atomic E-state index is 13.7. The van der Waals surface area contributed by atoms with Crippen LogP contribution in [0.4, 0.5) is 15.8 Å². The second kappa shape index (κ2) is 10.6. The molecule has 0 aliphatic carbocycles. The van der Waals surface area contributed by atoms with Gasteiger partial charge in [-0.25, -0.2) is 4.39 Å². The number of likely N-dealkylation sites (tertiary alicyclic amines) is 2. The number of pyridine rings is 2. The molecule has 5 rings (SSSR count). The molecule has 0 radical (unpaired) electrons. The highest BCUT2D eigenvalue weighted by Gasteiger charge is 2.33. The summed E-state index contributed by atoms with van der Waals surface area (Å²) >= 11 is 0. The van der Waals surface area contributed by atoms with Crippen LogP contribution in [0.2, 0.25) is 0 Å². The van der Waals surface area contributed by atoms with E-state index in [9.17, 15) is 14.0 Å². The van der Waals surface area contributed by atoms with Crippen LogP contribution in [0.1, 0.15) is 36.5 Å². The van der Waals surface area contributed by atoms with Gasteiger partial charge < -0.3 is 15.5 Å². The van der Waals surface area contributed by atoms with E-state index in [4.69, 9.17) is 0 Å². The van der Waals surface area contributed by atoms with Gasteiger partial charge in [-0.05, 0) is 56.2 Å². The van der Waals surface area contributed by atoms with Crippen molar-refractivity contribution in [2.45, 2.75) is 44.4 Å². The lowest BCUT2D eigenvalue weighted by atomic mass is 10.0. The largest absolute Gasteiger partial charge is 0.382 e. The first kappa shape index (κ1) is 24.1. The lowest BCUT2D eigenvalue weighted by molar-refractivity contribution is -0.133. The van der Waals surface area contributed by atoms with E-state index in [1.165, 1.54) is 0 Å². The Morgan fingerprint density at radius 2 is 1.86 bits per heavy atom. The number of hydrogen-bond donors (Lipinski definition) is 2. The zero-order valence-corrected chi connectivity index (χ0v) is 20.4. The minimum absolute atomic E-state index is 0.0201. The van der Waals surface area contributed by atoms with E-state index in [0.29, 0.717) is 29.7 Å². The Morgan fingerprint density at radius 3 is 2.58 bits per heavy atom. The van der Waals surface area contributed by atoms with E-state index >= 15 is 0 Å². The quantitative estimate of drug-likeness (QED) is 0.548. The second-order valence-electron chi connectivity index (χ2n) is 9.67. The van der Waals surface area contributed by atoms with Gasteiger partial charge >= 0.3 is 0 Å². The second-order valence-corrected chi connectivity index (χ2v) is 9.67. The van der Waals surface area contributed by atoms with E-state index in [-0.39, 0.29) is 30.4 Å². The molecule has 2 atom stereocenters. The summed E-state index contributed by atoms with van der Waals surface area (Å²) in [5.74, 6) is -0.201. The van der Waals surface area contributed by atoms with Crippen LogP contribution in [-0.4, -0.2) is 76.0 Å². The van der Waals surface area contributed by atoms with Crippen molar-refractivity contribution in [3.63, 3.8) is 0 Å². The number of carbonyl (C=O) groups excluding carboxylic acids is 2. The minimum Gasteiger partial charge on any atom is -0.382 e. The molecular weight excluding hydrogens is 459 g/mol. The number of nitrogens with zero attached hydrogens (tertiary/aromatic N) is 4. The van der Waals surface area contributed by atoms with Crippen molar-refractivity contribution >= 4 is 34.1 Å². The highest BCUT2D eigenvalue weighted by atomic mass is 19.1. The Kier molecular flexibility index (Phi) is 7.09. The van der Waals surface area contributed by atoms with Gasteiger partial charge in [0.05, 0.1) is 24.2 Å². The minimum atomic E-state index is -0.906. The number of amides is 2. The van der Waals surface area contributed by atoms with Crippen molar-refractivity contribution in [2.75, 3.05) is 36.8 Å². The first-order valence-electron chi connectivity index (χ1n) is 12.5. The van der Waals surface area contributed by atoms with E-state index in [1.54, 1.807) is 41.7 Å². The van der Waals surface area contributed by atoms with Crippen molar-refractivity contribution in [1.29, 1.82) is 0 Å². The van der Waals surface area contributed by atoms with Gasteiger partial charge in [0, 0.05) is 66.9 Å². The van der Waals surface area contributed by atoms with Gasteiger partial charge in [0.2, 0.25) is 5.91 Å². The normalized spacial score (nSPS) is 21.0. The number of carbonyl (C=O) groups is 2. The number of nitrogens with one attached hydrogen (secondary N) is 2. The molecule has 1 aromatic carbocycles. The number of benzene rings is 1. The van der Waals surface area contributed by atoms with Gasteiger partial charge in [-0.3, -0.25) is 24.5 Å². The summed E-state index contributed by atoms with van der Waals surface area (Å²) in [6.07, 6.45) is 6.26. The molecular formula is C27H31FN6O2. The number of anilines is 2. The van der Waals surface area contributed by atoms with Crippen molar-refractivity contribution in [3.05, 3.63) is 60.6 Å². The molecule has 0 bridgehead atoms. The number of piperidine rings is 1. The van der Waals surface area contributed by atoms with Crippen LogP contribution in [0.3, 0.4) is 0 Å². The highest BCUT2D eigenvalue weighted by molar-refractivity contribution is 6.13. The standard InChI is InChI=1S/C27H31FN6O2/c1-18-15-19(28)16-34(18)25(35)17-33-13-8-21(9-14-33)31-24-5-4-23(26-22(24)3-2-10-30-26)27(36)32-20-6-11-29-12-7-20/h2-7,10-12,18-19,21,31H,8-9,13-17H2,1H3,(H,29,32,36)/t18-,19+/m1/s1. The fourth-order valence-electron chi connectivity index (χ4n) is 5.17. The average molecular weight is 491 g/mol. The molecule has 3 aromatic rings. The summed E-state index contributed by atoms with van der Waals surface area (Å²) in [4.78, 5) is 37.9. The van der Waals surface area contributed by atoms with Crippen LogP contribution >= 0.6 is 0 Å². The summed E-state index contributed by atoms with van der Waals surface area (Å²) in [6.45, 7) is 4.08. The molecule has 0 saturated carbocycles. The molecule has 0 unspecified atom stereocenters. The van der Waals surface area contributed by atoms with Gasteiger partial charge in [0.15, 0.2) is 0 Å². The molecule has 2 aromatic heterocycles. The molecule has 0 spiro atoms. The third kappa shape index (κ3) is 5.31. The maximum Gasteiger partial charge on any atom is 0.257 e. The van der Waals surface area contributed by atoms with Crippen molar-refractivity contribution < 1.29 is 14.0 Å². The predicted octanol–water partition coefficient (Wildman–Crippen LogP) is 3.72. The van der Waals surface area contributed by atoms with Gasteiger partial charge in [-0.15, -0.1) is 0 Å². The molecule has 188 valence electrons. The smallest absolute Gasteiger partial charge is 0.257 e. The maximum atomic E-state index is 13.7. The topological polar surface area (TPSA) is 90.5 Å². The number of halogens is 1. The predicted molar refractivity (Wildman–Crippen MR) is 138 cm³/mol. The van der Waals surface area contributed by atoms with Gasteiger partial charge in [-0.2, -0.15) is 0 Å². The van der Waals surface area contributed by atoms with Crippen LogP contribution in [-0.2, 0) is 4.79 Å². The van der Waals surface area contributed by atoms with E-state index in [2.05, 4.69) is 25.5 Å². The zero-order chi connectivity index (χ0) is 25.1. The number of aromatic nitrogens is 2. The van der Waals surface area contributed by atoms with Crippen LogP contribution in [0, 0.1) is 0 Å². The lowest BCUT2D eigenvalue weighted by Gasteiger charge is -2.34. The summed E-state index contributed by atoms with van der Waals surface area (Å²) in [7, 11) is 0. The molecule has 4 heterocycles. The Labute approximate surface area is 209 Å². The Hall–Kier alpha value is -3.59. The van der Waals surface area contributed by atoms with Crippen molar-refractivity contribution in [3.8, 4) is 0 Å². The molecule has 2 amide bonds. The van der Waals surface area contributed by atoms with Crippen LogP contribution < -0.4 is 10.6 Å². The van der Waals surface area contributed by atoms with Crippen LogP contribution in [0.25, 0.3) is 10.9 Å². The number of hydrogen-bond acceptors (Lipinski definition) is 6. The number of fused-ring (bicyclic) bond motifs is 1. The molecule has 2 aliphatic heterocycles. The summed E-state index contributed by atoms with van der Waals surface area (Å²) in [6, 6.07) is 11.3. The van der Waals surface area contributed by atoms with Gasteiger partial charge in [0.1, 0.15) is 6.17 Å². The number of rotatable bonds is 6. The summed E-state index contributed by atoms with van der Waals surface area (Å²) < 4.78 is 13.7. The first-order valence-corrected chi connectivity index (χ1v) is 12.5. The number of alkyl halides is 1. The Morgan fingerprint density at radius 1 is 1.08 bits per heavy atom. The van der Waals surface area contributed by atoms with E-state index in [0.717, 1.165) is 37.0 Å². The SMILES string of the molecule is C[C@@H]1C[C@H](F)CN1C(=O)CN1CCC(Nc2ccc(C(=O)Nc3ccncc3)c3ncccc23)CC1. The highest BCUT2D eigenvalue weighted by Crippen LogP contribution is 2.28. The third-order valence-electron chi connectivity index (χ3n) is 7.10. The van der Waals surface area contributed by atoms with E-state index in [1.807, 2.05) is 25.1 Å². The fourth-order valence-corrected chi connectivity index (χ4v) is 5.17. The van der Waals surface area contributed by atoms with Gasteiger partial charge in [0.25, 0.3) is 5.91 Å². The van der Waals surface area contributed by atoms with Crippen molar-refractivity contribution in [1.82, 2.24) is 19.8 Å². The third-order valence-corrected chi connectivity index (χ3v) is 7.10.